The normalized spacial score (nSPS) is 32.9. The number of carbonyl (C=O) groups excluding carboxylic acids is 4. The first-order chi connectivity index (χ1) is 17.6. The van der Waals surface area contributed by atoms with Crippen molar-refractivity contribution in [3.63, 3.8) is 0 Å². The first kappa shape index (κ1) is 23.9. The molecule has 2 aliphatic carbocycles. The van der Waals surface area contributed by atoms with E-state index < -0.39 is 52.6 Å². The number of nitrogens with zero attached hydrogens (tertiary/aromatic N) is 2. The van der Waals surface area contributed by atoms with Gasteiger partial charge in [0, 0.05) is 13.0 Å². The first-order valence-corrected chi connectivity index (χ1v) is 12.6. The lowest BCUT2D eigenvalue weighted by molar-refractivity contribution is -0.138. The van der Waals surface area contributed by atoms with E-state index in [-0.39, 0.29) is 34.7 Å². The van der Waals surface area contributed by atoms with Crippen LogP contribution in [0.15, 0.2) is 54.1 Å². The number of aromatic hydroxyl groups is 1. The molecule has 0 spiro atoms. The largest absolute Gasteiger partial charge is 0.508 e. The molecule has 6 unspecified atom stereocenters. The smallest absolute Gasteiger partial charge is 0.241 e. The number of likely N-dealkylation sites (tertiary alicyclic amines) is 1. The Morgan fingerprint density at radius 2 is 1.78 bits per heavy atom. The Morgan fingerprint density at radius 3 is 2.49 bits per heavy atom. The third-order valence-electron chi connectivity index (χ3n) is 8.86. The minimum absolute atomic E-state index is 0.0138. The number of hydrogen-bond donors (Lipinski definition) is 1. The molecular formula is C28H24ClFN2O5. The molecular weight excluding hydrogens is 499 g/mol. The van der Waals surface area contributed by atoms with E-state index in [4.69, 9.17) is 11.6 Å². The van der Waals surface area contributed by atoms with E-state index >= 15 is 0 Å². The van der Waals surface area contributed by atoms with Gasteiger partial charge in [-0.05, 0) is 61.6 Å². The standard InChI is InChI=1S/C28H24ClFN2O5/c1-28-19(25(35)32(27(28)37)14-6-9-21(30)20(29)11-14)12-18-16(23(28)13-4-3-5-15(33)10-13)7-8-17-22(18)26(36)31(2)24(17)34/h3-7,9-11,17-19,22-23,33H,8,12H2,1-2H3. The molecule has 1 saturated carbocycles. The van der Waals surface area contributed by atoms with Gasteiger partial charge in [0.2, 0.25) is 23.6 Å². The van der Waals surface area contributed by atoms with Gasteiger partial charge in [-0.3, -0.25) is 24.1 Å². The van der Waals surface area contributed by atoms with E-state index in [1.54, 1.807) is 25.1 Å². The van der Waals surface area contributed by atoms with Gasteiger partial charge in [-0.15, -0.1) is 0 Å². The monoisotopic (exact) mass is 522 g/mol. The van der Waals surface area contributed by atoms with Crippen molar-refractivity contribution in [3.05, 3.63) is 70.5 Å². The molecule has 6 rings (SSSR count). The average Bonchev–Trinajstić information content (AvgIpc) is 3.20. The number of fused-ring (bicyclic) bond motifs is 4. The fourth-order valence-electron chi connectivity index (χ4n) is 7.13. The number of phenolic OH excluding ortho intramolecular Hbond substituents is 1. The molecule has 7 nitrogen and oxygen atoms in total. The van der Waals surface area contributed by atoms with Crippen molar-refractivity contribution in [1.29, 1.82) is 0 Å². The number of carbonyl (C=O) groups is 4. The molecule has 2 aromatic rings. The Kier molecular flexibility index (Phi) is 5.15. The maximum atomic E-state index is 14.2. The Bertz CT molecular complexity index is 1440. The maximum absolute atomic E-state index is 14.2. The molecule has 1 N–H and O–H groups in total. The highest BCUT2D eigenvalue weighted by Gasteiger charge is 2.67. The molecule has 190 valence electrons. The molecule has 4 aliphatic rings. The number of halogens is 2. The summed E-state index contributed by atoms with van der Waals surface area (Å²) < 4.78 is 13.9. The van der Waals surface area contributed by atoms with E-state index in [1.165, 1.54) is 25.2 Å². The highest BCUT2D eigenvalue weighted by atomic mass is 35.5. The zero-order chi connectivity index (χ0) is 26.4. The number of phenols is 1. The molecule has 3 fully saturated rings. The maximum Gasteiger partial charge on any atom is 0.241 e. The van der Waals surface area contributed by atoms with E-state index in [1.807, 2.05) is 6.08 Å². The molecule has 2 aromatic carbocycles. The van der Waals surface area contributed by atoms with Crippen LogP contribution in [0.3, 0.4) is 0 Å². The molecule has 0 bridgehead atoms. The number of benzene rings is 2. The van der Waals surface area contributed by atoms with Gasteiger partial charge in [-0.25, -0.2) is 9.29 Å². The van der Waals surface area contributed by atoms with Gasteiger partial charge in [0.25, 0.3) is 0 Å². The summed E-state index contributed by atoms with van der Waals surface area (Å²) in [4.78, 5) is 56.3. The zero-order valence-corrected chi connectivity index (χ0v) is 20.9. The van der Waals surface area contributed by atoms with Crippen LogP contribution in [-0.2, 0) is 19.2 Å². The van der Waals surface area contributed by atoms with Crippen LogP contribution in [-0.4, -0.2) is 40.7 Å². The summed E-state index contributed by atoms with van der Waals surface area (Å²) in [7, 11) is 1.48. The molecule has 9 heteroatoms. The summed E-state index contributed by atoms with van der Waals surface area (Å²) in [5, 5.41) is 10.1. The van der Waals surface area contributed by atoms with Gasteiger partial charge in [0.1, 0.15) is 11.6 Å². The topological polar surface area (TPSA) is 95.0 Å². The lowest BCUT2D eigenvalue weighted by Crippen LogP contribution is -2.48. The van der Waals surface area contributed by atoms with Crippen molar-refractivity contribution in [1.82, 2.24) is 4.90 Å². The molecule has 4 amide bonds. The van der Waals surface area contributed by atoms with Crippen LogP contribution < -0.4 is 4.90 Å². The molecule has 0 aromatic heterocycles. The second kappa shape index (κ2) is 7.99. The molecule has 2 aliphatic heterocycles. The number of rotatable bonds is 2. The van der Waals surface area contributed by atoms with Crippen molar-refractivity contribution in [3.8, 4) is 5.75 Å². The van der Waals surface area contributed by atoms with Crippen LogP contribution in [0.25, 0.3) is 0 Å². The van der Waals surface area contributed by atoms with Crippen molar-refractivity contribution >= 4 is 40.9 Å². The first-order valence-electron chi connectivity index (χ1n) is 12.2. The summed E-state index contributed by atoms with van der Waals surface area (Å²) >= 11 is 5.99. The lowest BCUT2D eigenvalue weighted by Gasteiger charge is -2.49. The van der Waals surface area contributed by atoms with Crippen LogP contribution in [0.1, 0.15) is 31.2 Å². The van der Waals surface area contributed by atoms with Crippen molar-refractivity contribution in [2.75, 3.05) is 11.9 Å². The minimum Gasteiger partial charge on any atom is -0.508 e. The van der Waals surface area contributed by atoms with Gasteiger partial charge in [0.15, 0.2) is 0 Å². The van der Waals surface area contributed by atoms with Gasteiger partial charge >= 0.3 is 0 Å². The number of anilines is 1. The molecule has 0 radical (unpaired) electrons. The van der Waals surface area contributed by atoms with Crippen LogP contribution in [0.4, 0.5) is 10.1 Å². The van der Waals surface area contributed by atoms with Gasteiger partial charge in [-0.1, -0.05) is 35.4 Å². The Balaban J connectivity index is 1.53. The second-order valence-corrected chi connectivity index (χ2v) is 11.0. The minimum atomic E-state index is -1.24. The SMILES string of the molecule is CN1C(=O)C2CC=C3C(CC4C(=O)N(c5ccc(F)c(Cl)c5)C(=O)C4(C)C3c3cccc(O)c3)C2C1=O. The van der Waals surface area contributed by atoms with Crippen molar-refractivity contribution in [2.24, 2.45) is 29.1 Å². The summed E-state index contributed by atoms with van der Waals surface area (Å²) in [6.07, 6.45) is 2.53. The number of hydrogen-bond acceptors (Lipinski definition) is 5. The quantitative estimate of drug-likeness (QED) is 0.474. The molecule has 2 saturated heterocycles. The van der Waals surface area contributed by atoms with Crippen LogP contribution >= 0.6 is 11.6 Å². The predicted molar refractivity (Wildman–Crippen MR) is 132 cm³/mol. The van der Waals surface area contributed by atoms with E-state index in [9.17, 15) is 28.7 Å². The fraction of sp³-hybridized carbons (Fsp3) is 0.357. The van der Waals surface area contributed by atoms with E-state index in [2.05, 4.69) is 0 Å². The van der Waals surface area contributed by atoms with E-state index in [0.717, 1.165) is 21.4 Å². The van der Waals surface area contributed by atoms with Crippen LogP contribution in [0, 0.1) is 34.9 Å². The summed E-state index contributed by atoms with van der Waals surface area (Å²) in [6.45, 7) is 1.74. The van der Waals surface area contributed by atoms with E-state index in [0.29, 0.717) is 12.0 Å². The fourth-order valence-corrected chi connectivity index (χ4v) is 7.30. The predicted octanol–water partition coefficient (Wildman–Crippen LogP) is 4.05. The average molecular weight is 523 g/mol. The van der Waals surface area contributed by atoms with Gasteiger partial charge in [-0.2, -0.15) is 0 Å². The van der Waals surface area contributed by atoms with Crippen molar-refractivity contribution in [2.45, 2.75) is 25.7 Å². The summed E-state index contributed by atoms with van der Waals surface area (Å²) in [5.41, 5.74) is 0.418. The highest BCUT2D eigenvalue weighted by molar-refractivity contribution is 6.31. The van der Waals surface area contributed by atoms with Crippen molar-refractivity contribution < 1.29 is 28.7 Å². The van der Waals surface area contributed by atoms with Gasteiger partial charge in [0.05, 0.1) is 33.9 Å². The Hall–Kier alpha value is -3.52. The number of imide groups is 2. The lowest BCUT2D eigenvalue weighted by atomic mass is 9.51. The molecule has 2 heterocycles. The molecule has 37 heavy (non-hydrogen) atoms. The Morgan fingerprint density at radius 1 is 1.03 bits per heavy atom. The summed E-state index contributed by atoms with van der Waals surface area (Å²) in [6, 6.07) is 10.3. The third-order valence-corrected chi connectivity index (χ3v) is 9.15. The zero-order valence-electron chi connectivity index (χ0n) is 20.2. The van der Waals surface area contributed by atoms with Crippen LogP contribution in [0.2, 0.25) is 5.02 Å². The highest BCUT2D eigenvalue weighted by Crippen LogP contribution is 2.63. The number of allylic oxidation sites excluding steroid dienone is 2. The summed E-state index contributed by atoms with van der Waals surface area (Å²) in [5.74, 6) is -5.01. The second-order valence-electron chi connectivity index (χ2n) is 10.6. The van der Waals surface area contributed by atoms with Gasteiger partial charge < -0.3 is 5.11 Å². The third kappa shape index (κ3) is 3.11. The molecule has 6 atom stereocenters. The van der Waals surface area contributed by atoms with Crippen LogP contribution in [0.5, 0.6) is 5.75 Å². The Labute approximate surface area is 217 Å². The number of amides is 4.